The van der Waals surface area contributed by atoms with Crippen molar-refractivity contribution in [3.63, 3.8) is 0 Å². The Kier molecular flexibility index (Phi) is 5.96. The van der Waals surface area contributed by atoms with Gasteiger partial charge >= 0.3 is 6.18 Å². The van der Waals surface area contributed by atoms with Gasteiger partial charge in [0, 0.05) is 17.6 Å². The van der Waals surface area contributed by atoms with Crippen LogP contribution < -0.4 is 10.2 Å². The maximum absolute atomic E-state index is 13.9. The van der Waals surface area contributed by atoms with E-state index >= 15 is 0 Å². The van der Waals surface area contributed by atoms with E-state index < -0.39 is 23.8 Å². The van der Waals surface area contributed by atoms with Crippen molar-refractivity contribution in [2.75, 3.05) is 4.90 Å². The van der Waals surface area contributed by atoms with Gasteiger partial charge in [0.15, 0.2) is 5.11 Å². The molecule has 1 aliphatic rings. The Hall–Kier alpha value is -3.85. The van der Waals surface area contributed by atoms with Crippen molar-refractivity contribution in [3.05, 3.63) is 107 Å². The molecule has 36 heavy (non-hydrogen) atoms. The minimum absolute atomic E-state index is 0.0459. The quantitative estimate of drug-likeness (QED) is 0.313. The highest BCUT2D eigenvalue weighted by Crippen LogP contribution is 2.46. The first-order valence-electron chi connectivity index (χ1n) is 11.3. The molecule has 3 heterocycles. The number of para-hydroxylation sites is 3. The van der Waals surface area contributed by atoms with E-state index in [0.717, 1.165) is 17.3 Å². The molecule has 2 N–H and O–H groups in total. The molecule has 4 aromatic rings. The average Bonchev–Trinajstić information content (AvgIpc) is 3.34. The molecule has 0 saturated carbocycles. The SMILES string of the molecule is Cc1cc([C@@H]2[C@@H](c3ccccn3)NC(=S)N2c2ccccc2O)c(C)n1-c1ccccc1C(F)(F)F. The van der Waals surface area contributed by atoms with Crippen LogP contribution in [0.1, 0.15) is 40.3 Å². The van der Waals surface area contributed by atoms with Gasteiger partial charge in [-0.1, -0.05) is 30.3 Å². The zero-order chi connectivity index (χ0) is 25.6. The molecule has 1 fully saturated rings. The predicted octanol–water partition coefficient (Wildman–Crippen LogP) is 6.39. The van der Waals surface area contributed by atoms with E-state index in [1.54, 1.807) is 54.9 Å². The number of halogens is 3. The first kappa shape index (κ1) is 23.9. The lowest BCUT2D eigenvalue weighted by Crippen LogP contribution is -2.29. The number of thiocarbonyl (C=S) groups is 1. The first-order chi connectivity index (χ1) is 17.2. The summed E-state index contributed by atoms with van der Waals surface area (Å²) in [6.07, 6.45) is -2.82. The van der Waals surface area contributed by atoms with Crippen molar-refractivity contribution in [2.24, 2.45) is 0 Å². The van der Waals surface area contributed by atoms with E-state index in [4.69, 9.17) is 12.2 Å². The largest absolute Gasteiger partial charge is 0.506 e. The van der Waals surface area contributed by atoms with Gasteiger partial charge in [0.05, 0.1) is 34.7 Å². The number of aryl methyl sites for hydroxylation is 1. The molecular weight excluding hydrogens is 485 g/mol. The standard InChI is InChI=1S/C27H23F3N4OS/c1-16-15-18(17(2)33(16)21-11-4-3-9-19(21)27(28,29)30)25-24(20-10-7-8-14-31-20)32-26(36)34(25)22-12-5-6-13-23(22)35/h3-15,24-25,35H,1-2H3,(H,32,36)/t24-,25-/m1/s1. The zero-order valence-electron chi connectivity index (χ0n) is 19.5. The topological polar surface area (TPSA) is 53.3 Å². The van der Waals surface area contributed by atoms with E-state index in [0.29, 0.717) is 22.2 Å². The van der Waals surface area contributed by atoms with Crippen molar-refractivity contribution in [2.45, 2.75) is 32.1 Å². The molecule has 0 amide bonds. The molecule has 9 heteroatoms. The fourth-order valence-electron chi connectivity index (χ4n) is 4.96. The smallest absolute Gasteiger partial charge is 0.418 e. The predicted molar refractivity (Wildman–Crippen MR) is 136 cm³/mol. The molecular formula is C27H23F3N4OS. The van der Waals surface area contributed by atoms with Crippen LogP contribution >= 0.6 is 12.2 Å². The highest BCUT2D eigenvalue weighted by atomic mass is 32.1. The number of phenols is 1. The van der Waals surface area contributed by atoms with Gasteiger partial charge in [-0.2, -0.15) is 13.2 Å². The molecule has 5 nitrogen and oxygen atoms in total. The van der Waals surface area contributed by atoms with Gasteiger partial charge in [0.2, 0.25) is 0 Å². The number of aromatic hydroxyl groups is 1. The van der Waals surface area contributed by atoms with E-state index in [2.05, 4.69) is 10.3 Å². The first-order valence-corrected chi connectivity index (χ1v) is 11.7. The fraction of sp³-hybridized carbons (Fsp3) is 0.185. The van der Waals surface area contributed by atoms with E-state index in [1.165, 1.54) is 12.1 Å². The molecule has 0 bridgehead atoms. The molecule has 0 aliphatic carbocycles. The number of nitrogens with one attached hydrogen (secondary N) is 1. The third-order valence-corrected chi connectivity index (χ3v) is 6.79. The van der Waals surface area contributed by atoms with Gasteiger partial charge in [-0.05, 0) is 74.1 Å². The summed E-state index contributed by atoms with van der Waals surface area (Å²) in [6, 6.07) is 19.0. The van der Waals surface area contributed by atoms with Crippen LogP contribution in [0.2, 0.25) is 0 Å². The van der Waals surface area contributed by atoms with Crippen LogP contribution in [0.4, 0.5) is 18.9 Å². The van der Waals surface area contributed by atoms with Crippen molar-refractivity contribution < 1.29 is 18.3 Å². The van der Waals surface area contributed by atoms with Gasteiger partial charge in [-0.15, -0.1) is 0 Å². The molecule has 1 aliphatic heterocycles. The molecule has 1 saturated heterocycles. The summed E-state index contributed by atoms with van der Waals surface area (Å²) in [5.41, 5.74) is 2.63. The number of anilines is 1. The third-order valence-electron chi connectivity index (χ3n) is 6.48. The van der Waals surface area contributed by atoms with Gasteiger partial charge in [0.1, 0.15) is 5.75 Å². The highest BCUT2D eigenvalue weighted by Gasteiger charge is 2.43. The fourth-order valence-corrected chi connectivity index (χ4v) is 5.30. The molecule has 184 valence electrons. The normalized spacial score (nSPS) is 17.9. The zero-order valence-corrected chi connectivity index (χ0v) is 20.3. The third kappa shape index (κ3) is 3.99. The maximum atomic E-state index is 13.9. The second-order valence-corrected chi connectivity index (χ2v) is 9.05. The van der Waals surface area contributed by atoms with Crippen molar-refractivity contribution in [1.29, 1.82) is 0 Å². The van der Waals surface area contributed by atoms with Gasteiger partial charge in [-0.3, -0.25) is 4.98 Å². The number of pyridine rings is 1. The Morgan fingerprint density at radius 1 is 0.944 bits per heavy atom. The maximum Gasteiger partial charge on any atom is 0.418 e. The number of phenolic OH excluding ortho intramolecular Hbond substituents is 1. The van der Waals surface area contributed by atoms with Crippen LogP contribution in [0, 0.1) is 13.8 Å². The van der Waals surface area contributed by atoms with E-state index in [-0.39, 0.29) is 11.4 Å². The Morgan fingerprint density at radius 3 is 2.28 bits per heavy atom. The second-order valence-electron chi connectivity index (χ2n) is 8.66. The Labute approximate surface area is 211 Å². The number of nitrogens with zero attached hydrogens (tertiary/aromatic N) is 3. The van der Waals surface area contributed by atoms with E-state index in [9.17, 15) is 18.3 Å². The second kappa shape index (κ2) is 8.98. The summed E-state index contributed by atoms with van der Waals surface area (Å²) in [4.78, 5) is 6.33. The lowest BCUT2D eigenvalue weighted by atomic mass is 9.96. The number of benzene rings is 2. The number of rotatable bonds is 4. The molecule has 0 unspecified atom stereocenters. The number of hydrogen-bond donors (Lipinski definition) is 2. The van der Waals surface area contributed by atoms with Crippen LogP contribution in [-0.4, -0.2) is 19.8 Å². The van der Waals surface area contributed by atoms with Gasteiger partial charge < -0.3 is 19.9 Å². The van der Waals surface area contributed by atoms with Gasteiger partial charge in [-0.25, -0.2) is 0 Å². The monoisotopic (exact) mass is 508 g/mol. The van der Waals surface area contributed by atoms with Crippen molar-refractivity contribution in [3.8, 4) is 11.4 Å². The van der Waals surface area contributed by atoms with Crippen molar-refractivity contribution >= 4 is 23.0 Å². The van der Waals surface area contributed by atoms with Crippen LogP contribution in [0.5, 0.6) is 5.75 Å². The van der Waals surface area contributed by atoms with Crippen molar-refractivity contribution in [1.82, 2.24) is 14.9 Å². The number of aromatic nitrogens is 2. The van der Waals surface area contributed by atoms with Crippen LogP contribution in [0.3, 0.4) is 0 Å². The Balaban J connectivity index is 1.72. The Bertz CT molecular complexity index is 1430. The summed E-state index contributed by atoms with van der Waals surface area (Å²) in [5.74, 6) is 0.0459. The summed E-state index contributed by atoms with van der Waals surface area (Å²) < 4.78 is 43.3. The Morgan fingerprint density at radius 2 is 1.61 bits per heavy atom. The molecule has 0 radical (unpaired) electrons. The van der Waals surface area contributed by atoms with Crippen LogP contribution in [-0.2, 0) is 6.18 Å². The molecule has 2 aromatic heterocycles. The summed E-state index contributed by atoms with van der Waals surface area (Å²) >= 11 is 5.70. The summed E-state index contributed by atoms with van der Waals surface area (Å²) in [5, 5.41) is 14.4. The summed E-state index contributed by atoms with van der Waals surface area (Å²) in [6.45, 7) is 3.58. The molecule has 0 spiro atoms. The van der Waals surface area contributed by atoms with E-state index in [1.807, 2.05) is 29.2 Å². The lowest BCUT2D eigenvalue weighted by molar-refractivity contribution is -0.137. The number of hydrogen-bond acceptors (Lipinski definition) is 3. The van der Waals surface area contributed by atoms with Gasteiger partial charge in [0.25, 0.3) is 0 Å². The number of alkyl halides is 3. The summed E-state index contributed by atoms with van der Waals surface area (Å²) in [7, 11) is 0. The lowest BCUT2D eigenvalue weighted by Gasteiger charge is -2.28. The highest BCUT2D eigenvalue weighted by molar-refractivity contribution is 7.80. The molecule has 2 atom stereocenters. The molecule has 2 aromatic carbocycles. The molecule has 5 rings (SSSR count). The minimum atomic E-state index is -4.51. The minimum Gasteiger partial charge on any atom is -0.506 e. The van der Waals surface area contributed by atoms with Crippen LogP contribution in [0.15, 0.2) is 79.0 Å². The van der Waals surface area contributed by atoms with Crippen LogP contribution in [0.25, 0.3) is 5.69 Å². The average molecular weight is 509 g/mol.